The second-order valence-corrected chi connectivity index (χ2v) is 8.88. The van der Waals surface area contributed by atoms with Crippen LogP contribution in [0.5, 0.6) is 5.75 Å². The van der Waals surface area contributed by atoms with Gasteiger partial charge in [-0.3, -0.25) is 14.9 Å². The third-order valence-corrected chi connectivity index (χ3v) is 6.16. The first-order chi connectivity index (χ1) is 16.2. The maximum Gasteiger partial charge on any atom is 0.339 e. The minimum absolute atomic E-state index is 0.00771. The van der Waals surface area contributed by atoms with Crippen LogP contribution in [0.1, 0.15) is 11.1 Å². The van der Waals surface area contributed by atoms with E-state index < -0.39 is 39.4 Å². The molecule has 10 heteroatoms. The van der Waals surface area contributed by atoms with Crippen molar-refractivity contribution in [2.45, 2.75) is 11.8 Å². The molecule has 1 heterocycles. The highest BCUT2D eigenvalue weighted by Crippen LogP contribution is 2.25. The second-order valence-electron chi connectivity index (χ2n) is 7.33. The van der Waals surface area contributed by atoms with Crippen LogP contribution < -0.4 is 14.4 Å². The van der Waals surface area contributed by atoms with Gasteiger partial charge >= 0.3 is 16.1 Å². The van der Waals surface area contributed by atoms with E-state index in [1.807, 2.05) is 12.2 Å². The van der Waals surface area contributed by atoms with E-state index in [2.05, 4.69) is 0 Å². The number of benzene rings is 3. The molecule has 1 aliphatic rings. The number of aryl methyl sites for hydroxylation is 1. The number of hydrogen-bond acceptors (Lipinski definition) is 6. The summed E-state index contributed by atoms with van der Waals surface area (Å²) in [5, 5.41) is 2.01. The van der Waals surface area contributed by atoms with E-state index in [0.29, 0.717) is 10.5 Å². The third kappa shape index (κ3) is 4.57. The normalized spacial score (nSPS) is 15.4. The van der Waals surface area contributed by atoms with E-state index >= 15 is 0 Å². The van der Waals surface area contributed by atoms with Crippen LogP contribution in [-0.4, -0.2) is 26.3 Å². The number of imide groups is 2. The van der Waals surface area contributed by atoms with Crippen molar-refractivity contribution in [3.05, 3.63) is 95.3 Å². The lowest BCUT2D eigenvalue weighted by Gasteiger charge is -2.26. The van der Waals surface area contributed by atoms with E-state index in [-0.39, 0.29) is 16.3 Å². The number of carbonyl (C=O) groups excluding carboxylic acids is 3. The molecular weight excluding hydrogens is 463 g/mol. The van der Waals surface area contributed by atoms with Crippen LogP contribution in [-0.2, 0) is 19.7 Å². The van der Waals surface area contributed by atoms with Crippen molar-refractivity contribution in [3.8, 4) is 5.75 Å². The first-order valence-electron chi connectivity index (χ1n) is 9.93. The molecule has 1 saturated heterocycles. The predicted octanol–water partition coefficient (Wildman–Crippen LogP) is 3.57. The number of urea groups is 1. The average molecular weight is 480 g/mol. The maximum atomic E-state index is 14.2. The molecule has 1 fully saturated rings. The Morgan fingerprint density at radius 3 is 2.21 bits per heavy atom. The highest BCUT2D eigenvalue weighted by Gasteiger charge is 2.37. The Morgan fingerprint density at radius 2 is 1.56 bits per heavy atom. The van der Waals surface area contributed by atoms with Crippen LogP contribution in [0.2, 0.25) is 0 Å². The molecule has 3 aromatic rings. The summed E-state index contributed by atoms with van der Waals surface area (Å²) in [5.74, 6) is -2.73. The van der Waals surface area contributed by atoms with Crippen LogP contribution in [0.15, 0.2) is 83.3 Å². The SMILES string of the molecule is Cc1ccc(S(=O)(=O)Oc2ccc(/C=C3/C(=O)NC(=O)N(c4ccccc4F)C3=O)cc2)cc1. The number of barbiturate groups is 1. The number of hydrogen-bond donors (Lipinski definition) is 1. The zero-order valence-corrected chi connectivity index (χ0v) is 18.5. The number of amides is 4. The Balaban J connectivity index is 1.58. The summed E-state index contributed by atoms with van der Waals surface area (Å²) >= 11 is 0. The van der Waals surface area contributed by atoms with Gasteiger partial charge in [-0.25, -0.2) is 14.1 Å². The van der Waals surface area contributed by atoms with Crippen molar-refractivity contribution in [1.29, 1.82) is 0 Å². The number of rotatable bonds is 5. The van der Waals surface area contributed by atoms with Gasteiger partial charge in [-0.15, -0.1) is 0 Å². The lowest BCUT2D eigenvalue weighted by atomic mass is 10.1. The third-order valence-electron chi connectivity index (χ3n) is 4.90. The highest BCUT2D eigenvalue weighted by molar-refractivity contribution is 7.87. The fourth-order valence-corrected chi connectivity index (χ4v) is 4.11. The minimum atomic E-state index is -4.05. The second kappa shape index (κ2) is 8.91. The first-order valence-corrected chi connectivity index (χ1v) is 11.3. The molecule has 0 spiro atoms. The fourth-order valence-electron chi connectivity index (χ4n) is 3.18. The first kappa shape index (κ1) is 22.9. The van der Waals surface area contributed by atoms with Gasteiger partial charge in [-0.2, -0.15) is 8.42 Å². The molecule has 8 nitrogen and oxygen atoms in total. The number of nitrogens with one attached hydrogen (secondary N) is 1. The number of nitrogens with zero attached hydrogens (tertiary/aromatic N) is 1. The molecule has 3 aromatic carbocycles. The van der Waals surface area contributed by atoms with Gasteiger partial charge in [0.2, 0.25) is 0 Å². The molecule has 0 radical (unpaired) electrons. The number of halogens is 1. The van der Waals surface area contributed by atoms with Gasteiger partial charge in [-0.05, 0) is 55.0 Å². The van der Waals surface area contributed by atoms with Crippen LogP contribution in [0.3, 0.4) is 0 Å². The number of para-hydroxylation sites is 1. The number of carbonyl (C=O) groups is 3. The summed E-state index contributed by atoms with van der Waals surface area (Å²) in [4.78, 5) is 37.8. The predicted molar refractivity (Wildman–Crippen MR) is 121 cm³/mol. The van der Waals surface area contributed by atoms with Crippen LogP contribution >= 0.6 is 0 Å². The van der Waals surface area contributed by atoms with Gasteiger partial charge in [0.15, 0.2) is 0 Å². The average Bonchev–Trinajstić information content (AvgIpc) is 2.79. The van der Waals surface area contributed by atoms with E-state index in [4.69, 9.17) is 4.18 Å². The summed E-state index contributed by atoms with van der Waals surface area (Å²) < 4.78 is 44.1. The Hall–Kier alpha value is -4.31. The van der Waals surface area contributed by atoms with Gasteiger partial charge in [-0.1, -0.05) is 42.0 Å². The van der Waals surface area contributed by atoms with Gasteiger partial charge in [0, 0.05) is 0 Å². The standard InChI is InChI=1S/C24H17FN2O6S/c1-15-6-12-18(13-7-15)34(31,32)33-17-10-8-16(9-11-17)14-19-22(28)26-24(30)27(23(19)29)21-5-3-2-4-20(21)25/h2-14H,1H3,(H,26,28,30)/b19-14-. The minimum Gasteiger partial charge on any atom is -0.379 e. The topological polar surface area (TPSA) is 110 Å². The van der Waals surface area contributed by atoms with Crippen molar-refractivity contribution < 1.29 is 31.4 Å². The van der Waals surface area contributed by atoms with E-state index in [9.17, 15) is 27.2 Å². The van der Waals surface area contributed by atoms with Gasteiger partial charge in [0.05, 0.1) is 5.69 Å². The lowest BCUT2D eigenvalue weighted by molar-refractivity contribution is -0.122. The van der Waals surface area contributed by atoms with Crippen molar-refractivity contribution >= 4 is 39.7 Å². The van der Waals surface area contributed by atoms with Crippen molar-refractivity contribution in [2.75, 3.05) is 4.90 Å². The van der Waals surface area contributed by atoms with Gasteiger partial charge in [0.1, 0.15) is 22.0 Å². The summed E-state index contributed by atoms with van der Waals surface area (Å²) in [6.45, 7) is 1.83. The largest absolute Gasteiger partial charge is 0.379 e. The summed E-state index contributed by atoms with van der Waals surface area (Å²) in [7, 11) is -4.05. The molecule has 1 aliphatic heterocycles. The Morgan fingerprint density at radius 1 is 0.912 bits per heavy atom. The van der Waals surface area contributed by atoms with E-state index in [1.54, 1.807) is 12.1 Å². The molecule has 1 N–H and O–H groups in total. The molecule has 4 rings (SSSR count). The molecule has 0 saturated carbocycles. The summed E-state index contributed by atoms with van der Waals surface area (Å²) in [6, 6.07) is 15.8. The molecule has 0 bridgehead atoms. The van der Waals surface area contributed by atoms with Gasteiger partial charge < -0.3 is 4.18 Å². The molecule has 0 aromatic heterocycles. The zero-order valence-electron chi connectivity index (χ0n) is 17.7. The quantitative estimate of drug-likeness (QED) is 0.340. The van der Waals surface area contributed by atoms with E-state index in [1.165, 1.54) is 60.7 Å². The monoisotopic (exact) mass is 480 g/mol. The van der Waals surface area contributed by atoms with E-state index in [0.717, 1.165) is 11.6 Å². The molecule has 4 amide bonds. The van der Waals surface area contributed by atoms with Crippen LogP contribution in [0.4, 0.5) is 14.9 Å². The smallest absolute Gasteiger partial charge is 0.339 e. The lowest BCUT2D eigenvalue weighted by Crippen LogP contribution is -2.54. The molecule has 34 heavy (non-hydrogen) atoms. The Kier molecular flexibility index (Phi) is 5.99. The molecule has 0 aliphatic carbocycles. The number of anilines is 1. The zero-order chi connectivity index (χ0) is 24.5. The van der Waals surface area contributed by atoms with Crippen molar-refractivity contribution in [1.82, 2.24) is 5.32 Å². The van der Waals surface area contributed by atoms with Crippen LogP contribution in [0, 0.1) is 12.7 Å². The summed E-state index contributed by atoms with van der Waals surface area (Å²) in [5.41, 5.74) is 0.548. The highest BCUT2D eigenvalue weighted by atomic mass is 32.2. The van der Waals surface area contributed by atoms with Gasteiger partial charge in [0.25, 0.3) is 11.8 Å². The Labute approximate surface area is 194 Å². The Bertz CT molecular complexity index is 1430. The summed E-state index contributed by atoms with van der Waals surface area (Å²) in [6.07, 6.45) is 1.20. The van der Waals surface area contributed by atoms with Crippen molar-refractivity contribution in [2.24, 2.45) is 0 Å². The van der Waals surface area contributed by atoms with Crippen molar-refractivity contribution in [3.63, 3.8) is 0 Å². The molecular formula is C24H17FN2O6S. The maximum absolute atomic E-state index is 14.2. The molecule has 172 valence electrons. The molecule has 0 unspecified atom stereocenters. The van der Waals surface area contributed by atoms with Crippen LogP contribution in [0.25, 0.3) is 6.08 Å². The fraction of sp³-hybridized carbons (Fsp3) is 0.0417. The molecule has 0 atom stereocenters.